The fourth-order valence-electron chi connectivity index (χ4n) is 3.43. The van der Waals surface area contributed by atoms with Crippen LogP contribution in [0.1, 0.15) is 39.3 Å². The molecule has 4 aromatic rings. The van der Waals surface area contributed by atoms with E-state index in [9.17, 15) is 14.7 Å². The predicted octanol–water partition coefficient (Wildman–Crippen LogP) is 6.07. The third-order valence-corrected chi connectivity index (χ3v) is 6.31. The summed E-state index contributed by atoms with van der Waals surface area (Å²) in [6.45, 7) is 0.317. The molecule has 1 N–H and O–H groups in total. The van der Waals surface area contributed by atoms with Crippen molar-refractivity contribution in [2.75, 3.05) is 7.11 Å². The van der Waals surface area contributed by atoms with Crippen molar-refractivity contribution in [3.63, 3.8) is 0 Å². The summed E-state index contributed by atoms with van der Waals surface area (Å²) in [5, 5.41) is 10.1. The number of hydrogen-bond acceptors (Lipinski definition) is 6. The maximum Gasteiger partial charge on any atom is 0.337 e. The summed E-state index contributed by atoms with van der Waals surface area (Å²) in [4.78, 5) is 27.6. The highest BCUT2D eigenvalue weighted by Gasteiger charge is 2.13. The van der Waals surface area contributed by atoms with Crippen molar-refractivity contribution in [3.05, 3.63) is 94.5 Å². The molecule has 0 amide bonds. The molecule has 1 heterocycles. The van der Waals surface area contributed by atoms with Crippen LogP contribution in [0, 0.1) is 0 Å². The number of rotatable bonds is 9. The lowest BCUT2D eigenvalue weighted by Gasteiger charge is -2.11. The number of fused-ring (bicyclic) bond motifs is 1. The molecular formula is C27H23NO5S. The zero-order chi connectivity index (χ0) is 23.9. The molecule has 0 aliphatic heterocycles. The number of allylic oxidation sites excluding steroid dienone is 1. The summed E-state index contributed by atoms with van der Waals surface area (Å²) >= 11 is 1.55. The van der Waals surface area contributed by atoms with Gasteiger partial charge in [-0.15, -0.1) is 11.3 Å². The quantitative estimate of drug-likeness (QED) is 0.297. The Kier molecular flexibility index (Phi) is 7.34. The van der Waals surface area contributed by atoms with E-state index in [2.05, 4.69) is 0 Å². The van der Waals surface area contributed by atoms with Gasteiger partial charge in [0.2, 0.25) is 0 Å². The van der Waals surface area contributed by atoms with Crippen LogP contribution in [-0.4, -0.2) is 29.1 Å². The number of thiazole rings is 1. The van der Waals surface area contributed by atoms with E-state index in [0.29, 0.717) is 24.3 Å². The predicted molar refractivity (Wildman–Crippen MR) is 133 cm³/mol. The number of methoxy groups -OCH3 is 1. The second kappa shape index (κ2) is 10.8. The van der Waals surface area contributed by atoms with Crippen LogP contribution >= 0.6 is 11.3 Å². The highest BCUT2D eigenvalue weighted by atomic mass is 32.1. The molecule has 4 rings (SSSR count). The number of esters is 1. The Morgan fingerprint density at radius 1 is 0.971 bits per heavy atom. The Bertz CT molecular complexity index is 1310. The molecule has 0 radical (unpaired) electrons. The molecule has 0 aliphatic rings. The summed E-state index contributed by atoms with van der Waals surface area (Å²) < 4.78 is 11.9. The van der Waals surface area contributed by atoms with Crippen LogP contribution < -0.4 is 4.74 Å². The minimum atomic E-state index is -0.855. The normalized spacial score (nSPS) is 11.4. The van der Waals surface area contributed by atoms with E-state index in [0.717, 1.165) is 31.9 Å². The molecule has 0 fully saturated rings. The van der Waals surface area contributed by atoms with Crippen molar-refractivity contribution in [1.82, 2.24) is 4.98 Å². The second-order valence-electron chi connectivity index (χ2n) is 7.57. The maximum absolute atomic E-state index is 11.6. The van der Waals surface area contributed by atoms with Gasteiger partial charge in [0.15, 0.2) is 0 Å². The molecule has 34 heavy (non-hydrogen) atoms. The Morgan fingerprint density at radius 2 is 1.71 bits per heavy atom. The van der Waals surface area contributed by atoms with Crippen molar-refractivity contribution in [2.24, 2.45) is 0 Å². The lowest BCUT2D eigenvalue weighted by atomic mass is 10.1. The monoisotopic (exact) mass is 473 g/mol. The molecule has 3 aromatic carbocycles. The molecular weight excluding hydrogens is 450 g/mol. The van der Waals surface area contributed by atoms with Crippen molar-refractivity contribution in [1.29, 1.82) is 0 Å². The highest BCUT2D eigenvalue weighted by Crippen LogP contribution is 2.33. The number of aliphatic carboxylic acids is 1. The molecule has 0 unspecified atom stereocenters. The number of carbonyl (C=O) groups is 2. The molecule has 0 bridgehead atoms. The molecule has 0 saturated heterocycles. The van der Waals surface area contributed by atoms with E-state index < -0.39 is 5.97 Å². The third kappa shape index (κ3) is 5.68. The fourth-order valence-corrected chi connectivity index (χ4v) is 4.44. The van der Waals surface area contributed by atoms with Gasteiger partial charge in [0.1, 0.15) is 17.4 Å². The Hall–Kier alpha value is -3.97. The van der Waals surface area contributed by atoms with Gasteiger partial charge in [-0.3, -0.25) is 4.79 Å². The maximum atomic E-state index is 11.6. The van der Waals surface area contributed by atoms with E-state index in [1.807, 2.05) is 66.7 Å². The van der Waals surface area contributed by atoms with Gasteiger partial charge in [0, 0.05) is 12.0 Å². The van der Waals surface area contributed by atoms with Crippen LogP contribution in [0.3, 0.4) is 0 Å². The van der Waals surface area contributed by atoms with Crippen LogP contribution in [0.4, 0.5) is 0 Å². The van der Waals surface area contributed by atoms with Crippen molar-refractivity contribution < 1.29 is 24.2 Å². The summed E-state index contributed by atoms with van der Waals surface area (Å²) in [7, 11) is 1.35. The third-order valence-electron chi connectivity index (χ3n) is 5.19. The van der Waals surface area contributed by atoms with Gasteiger partial charge in [-0.2, -0.15) is 0 Å². The fraction of sp³-hybridized carbons (Fsp3) is 0.148. The summed E-state index contributed by atoms with van der Waals surface area (Å²) in [6, 6.07) is 22.5. The topological polar surface area (TPSA) is 85.7 Å². The largest absolute Gasteiger partial charge is 0.488 e. The summed E-state index contributed by atoms with van der Waals surface area (Å²) in [5.41, 5.74) is 3.97. The molecule has 0 aliphatic carbocycles. The van der Waals surface area contributed by atoms with E-state index in [1.54, 1.807) is 23.5 Å². The number of carboxylic acid groups (broad SMARTS) is 1. The van der Waals surface area contributed by atoms with Gasteiger partial charge in [0.05, 0.1) is 22.9 Å². The Labute approximate surface area is 201 Å². The SMILES string of the molecule is COC(=O)c1ccc(COc2ccccc2/C=C(\CCC(=O)O)c2nc3ccccc3s2)cc1. The van der Waals surface area contributed by atoms with Crippen LogP contribution in [-0.2, 0) is 16.1 Å². The van der Waals surface area contributed by atoms with E-state index in [-0.39, 0.29) is 12.4 Å². The van der Waals surface area contributed by atoms with Crippen LogP contribution in [0.2, 0.25) is 0 Å². The number of aromatic nitrogens is 1. The Balaban J connectivity index is 1.59. The minimum Gasteiger partial charge on any atom is -0.488 e. The second-order valence-corrected chi connectivity index (χ2v) is 8.60. The standard InChI is InChI=1S/C27H23NO5S/c1-32-27(31)19-12-10-18(11-13-19)17-33-23-8-4-2-6-20(23)16-21(14-15-25(29)30)26-28-22-7-3-5-9-24(22)34-26/h2-13,16H,14-15,17H2,1H3,(H,29,30)/b21-16+. The zero-order valence-electron chi connectivity index (χ0n) is 18.6. The van der Waals surface area contributed by atoms with Crippen LogP contribution in [0.5, 0.6) is 5.75 Å². The number of carbonyl (C=O) groups excluding carboxylic acids is 1. The molecule has 1 aromatic heterocycles. The summed E-state index contributed by atoms with van der Waals surface area (Å²) in [5.74, 6) is -0.563. The van der Waals surface area contributed by atoms with Gasteiger partial charge in [0.25, 0.3) is 0 Å². The first-order chi connectivity index (χ1) is 16.5. The number of nitrogens with zero attached hydrogens (tertiary/aromatic N) is 1. The van der Waals surface area contributed by atoms with Crippen molar-refractivity contribution >= 4 is 45.1 Å². The van der Waals surface area contributed by atoms with Crippen LogP contribution in [0.15, 0.2) is 72.8 Å². The highest BCUT2D eigenvalue weighted by molar-refractivity contribution is 7.19. The first kappa shape index (κ1) is 23.2. The van der Waals surface area contributed by atoms with E-state index in [1.165, 1.54) is 7.11 Å². The first-order valence-electron chi connectivity index (χ1n) is 10.7. The molecule has 172 valence electrons. The molecule has 6 nitrogen and oxygen atoms in total. The van der Waals surface area contributed by atoms with Gasteiger partial charge in [-0.1, -0.05) is 42.5 Å². The van der Waals surface area contributed by atoms with Gasteiger partial charge >= 0.3 is 11.9 Å². The van der Waals surface area contributed by atoms with Crippen molar-refractivity contribution in [2.45, 2.75) is 19.4 Å². The lowest BCUT2D eigenvalue weighted by molar-refractivity contribution is -0.136. The first-order valence-corrected chi connectivity index (χ1v) is 11.5. The lowest BCUT2D eigenvalue weighted by Crippen LogP contribution is -2.02. The number of hydrogen-bond donors (Lipinski definition) is 1. The molecule has 7 heteroatoms. The molecule has 0 saturated carbocycles. The van der Waals surface area contributed by atoms with E-state index in [4.69, 9.17) is 14.5 Å². The smallest absolute Gasteiger partial charge is 0.337 e. The number of benzene rings is 3. The molecule has 0 atom stereocenters. The summed E-state index contributed by atoms with van der Waals surface area (Å²) in [6.07, 6.45) is 2.33. The molecule has 0 spiro atoms. The number of carboxylic acids is 1. The minimum absolute atomic E-state index is 0.0112. The van der Waals surface area contributed by atoms with E-state index >= 15 is 0 Å². The Morgan fingerprint density at radius 3 is 2.44 bits per heavy atom. The number of para-hydroxylation sites is 2. The van der Waals surface area contributed by atoms with Gasteiger partial charge < -0.3 is 14.6 Å². The average Bonchev–Trinajstić information content (AvgIpc) is 3.30. The van der Waals surface area contributed by atoms with Crippen LogP contribution in [0.25, 0.3) is 21.9 Å². The average molecular weight is 474 g/mol. The van der Waals surface area contributed by atoms with Gasteiger partial charge in [-0.25, -0.2) is 9.78 Å². The zero-order valence-corrected chi connectivity index (χ0v) is 19.4. The van der Waals surface area contributed by atoms with Crippen molar-refractivity contribution in [3.8, 4) is 5.75 Å². The van der Waals surface area contributed by atoms with Gasteiger partial charge in [-0.05, 0) is 54.0 Å². The number of ether oxygens (including phenoxy) is 2.